The van der Waals surface area contributed by atoms with Gasteiger partial charge in [-0.05, 0) is 67.7 Å². The van der Waals surface area contributed by atoms with Crippen molar-refractivity contribution in [1.29, 1.82) is 0 Å². The lowest BCUT2D eigenvalue weighted by Crippen LogP contribution is -2.58. The maximum absolute atomic E-state index is 15.1. The number of ketones is 1. The van der Waals surface area contributed by atoms with E-state index in [9.17, 15) is 23.5 Å². The highest BCUT2D eigenvalue weighted by Gasteiger charge is 2.60. The van der Waals surface area contributed by atoms with Crippen molar-refractivity contribution in [2.45, 2.75) is 81.7 Å². The lowest BCUT2D eigenvalue weighted by molar-refractivity contribution is -0.205. The van der Waals surface area contributed by atoms with Gasteiger partial charge in [0.05, 0.1) is 11.6 Å². The van der Waals surface area contributed by atoms with E-state index in [0.29, 0.717) is 43.1 Å². The topological polar surface area (TPSA) is 66.8 Å². The zero-order valence-electron chi connectivity index (χ0n) is 24.8. The molecule has 2 fully saturated rings. The number of rotatable bonds is 15. The van der Waals surface area contributed by atoms with E-state index in [2.05, 4.69) is 6.58 Å². The number of allylic oxidation sites excluding steroid dienone is 1. The molecule has 0 unspecified atom stereocenters. The first-order chi connectivity index (χ1) is 20.9. The predicted molar refractivity (Wildman–Crippen MR) is 161 cm³/mol. The number of benzene rings is 2. The van der Waals surface area contributed by atoms with Gasteiger partial charge in [0.1, 0.15) is 5.75 Å². The van der Waals surface area contributed by atoms with Crippen molar-refractivity contribution >= 4 is 23.3 Å². The summed E-state index contributed by atoms with van der Waals surface area (Å²) in [5, 5.41) is 11.5. The molecule has 4 rings (SSSR count). The summed E-state index contributed by atoms with van der Waals surface area (Å²) in [4.78, 5) is 27.2. The number of amides is 1. The number of Topliss-reactive ketones (excluding diaryl/α,β-unsaturated/α-hetero) is 1. The normalized spacial score (nSPS) is 18.7. The number of halogens is 5. The summed E-state index contributed by atoms with van der Waals surface area (Å²) in [6, 6.07) is 12.2. The summed E-state index contributed by atoms with van der Waals surface area (Å²) in [5.41, 5.74) is -2.75. The molecule has 0 aromatic heterocycles. The number of ether oxygens (including phenoxy) is 1. The molecule has 240 valence electrons. The molecule has 44 heavy (non-hydrogen) atoms. The standard InChI is InChI=1S/C34H40ClF4NO4/c1-2-17-33(38,39)34(43,26-9-4-3-5-10-26)31(42)40-18-15-24(16-19-40)8-6-7-20-44-27-12-13-28(29(35)21-27)30(41)14-11-25-22-32(36,37)23-25/h2-5,9-10,12-13,21,24-25,43H,1,6-8,11,14-20,22-23H2/t34-/m1/s1. The van der Waals surface area contributed by atoms with Gasteiger partial charge in [-0.1, -0.05) is 54.4 Å². The van der Waals surface area contributed by atoms with Crippen molar-refractivity contribution in [1.82, 2.24) is 4.90 Å². The summed E-state index contributed by atoms with van der Waals surface area (Å²) in [6.07, 6.45) is 4.31. The van der Waals surface area contributed by atoms with E-state index in [-0.39, 0.29) is 54.6 Å². The second-order valence-corrected chi connectivity index (χ2v) is 12.5. The number of alkyl halides is 4. The largest absolute Gasteiger partial charge is 0.494 e. The molecule has 2 aliphatic rings. The minimum absolute atomic E-state index is 0.120. The van der Waals surface area contributed by atoms with Crippen molar-refractivity contribution in [3.63, 3.8) is 0 Å². The van der Waals surface area contributed by atoms with Crippen molar-refractivity contribution in [2.75, 3.05) is 19.7 Å². The van der Waals surface area contributed by atoms with Gasteiger partial charge in [0.15, 0.2) is 5.78 Å². The highest BCUT2D eigenvalue weighted by molar-refractivity contribution is 6.34. The first-order valence-electron chi connectivity index (χ1n) is 15.3. The van der Waals surface area contributed by atoms with Gasteiger partial charge < -0.3 is 14.7 Å². The van der Waals surface area contributed by atoms with Crippen LogP contribution in [0.2, 0.25) is 5.02 Å². The van der Waals surface area contributed by atoms with Gasteiger partial charge in [0, 0.05) is 44.3 Å². The summed E-state index contributed by atoms with van der Waals surface area (Å²) < 4.78 is 62.1. The number of hydrogen-bond donors (Lipinski definition) is 1. The van der Waals surface area contributed by atoms with E-state index in [1.165, 1.54) is 29.2 Å². The fraction of sp³-hybridized carbons (Fsp3) is 0.529. The maximum atomic E-state index is 15.1. The van der Waals surface area contributed by atoms with Gasteiger partial charge in [-0.15, -0.1) is 6.58 Å². The van der Waals surface area contributed by atoms with Crippen LogP contribution in [0.15, 0.2) is 61.2 Å². The molecule has 1 amide bonds. The number of carbonyl (C=O) groups is 2. The number of unbranched alkanes of at least 4 members (excludes halogenated alkanes) is 1. The molecule has 1 aliphatic carbocycles. The number of piperidine rings is 1. The van der Waals surface area contributed by atoms with Crippen molar-refractivity contribution in [3.8, 4) is 5.75 Å². The van der Waals surface area contributed by atoms with Crippen LogP contribution in [0.5, 0.6) is 5.75 Å². The molecule has 1 saturated carbocycles. The maximum Gasteiger partial charge on any atom is 0.292 e. The van der Waals surface area contributed by atoms with Crippen LogP contribution in [-0.4, -0.2) is 53.2 Å². The Morgan fingerprint density at radius 2 is 1.73 bits per heavy atom. The van der Waals surface area contributed by atoms with Crippen LogP contribution in [0, 0.1) is 11.8 Å². The van der Waals surface area contributed by atoms with Crippen LogP contribution in [0.3, 0.4) is 0 Å². The van der Waals surface area contributed by atoms with E-state index >= 15 is 8.78 Å². The summed E-state index contributed by atoms with van der Waals surface area (Å²) in [5.74, 6) is -6.72. The molecule has 0 spiro atoms. The fourth-order valence-electron chi connectivity index (χ4n) is 6.15. The number of carbonyl (C=O) groups excluding carboxylic acids is 2. The van der Waals surface area contributed by atoms with Crippen molar-refractivity contribution < 1.29 is 37.0 Å². The Hall–Kier alpha value is -2.91. The van der Waals surface area contributed by atoms with Gasteiger partial charge >= 0.3 is 0 Å². The molecular weight excluding hydrogens is 598 g/mol. The molecule has 1 N–H and O–H groups in total. The minimum atomic E-state index is -3.72. The average molecular weight is 638 g/mol. The van der Waals surface area contributed by atoms with E-state index in [4.69, 9.17) is 16.3 Å². The Kier molecular flexibility index (Phi) is 11.2. The predicted octanol–water partition coefficient (Wildman–Crippen LogP) is 8.24. The Balaban J connectivity index is 1.18. The third-order valence-corrected chi connectivity index (χ3v) is 9.12. The first kappa shape index (κ1) is 34.0. The van der Waals surface area contributed by atoms with Gasteiger partial charge in [-0.25, -0.2) is 17.6 Å². The summed E-state index contributed by atoms with van der Waals surface area (Å²) >= 11 is 6.30. The second-order valence-electron chi connectivity index (χ2n) is 12.1. The highest BCUT2D eigenvalue weighted by atomic mass is 35.5. The second kappa shape index (κ2) is 14.5. The van der Waals surface area contributed by atoms with E-state index in [0.717, 1.165) is 25.3 Å². The van der Waals surface area contributed by atoms with Crippen LogP contribution < -0.4 is 4.74 Å². The SMILES string of the molecule is C=CCC(F)(F)[C@](O)(C(=O)N1CCC(CCCCOc2ccc(C(=O)CCC3CC(F)(F)C3)c(Cl)c2)CC1)c1ccccc1. The van der Waals surface area contributed by atoms with Crippen LogP contribution in [0.4, 0.5) is 17.6 Å². The molecule has 5 nitrogen and oxygen atoms in total. The van der Waals surface area contributed by atoms with E-state index in [1.54, 1.807) is 24.3 Å². The molecule has 1 saturated heterocycles. The number of aliphatic hydroxyl groups is 1. The lowest BCUT2D eigenvalue weighted by Gasteiger charge is -2.41. The summed E-state index contributed by atoms with van der Waals surface area (Å²) in [7, 11) is 0. The molecule has 0 radical (unpaired) electrons. The Labute approximate surface area is 261 Å². The number of likely N-dealkylation sites (tertiary alicyclic amines) is 1. The first-order valence-corrected chi connectivity index (χ1v) is 15.6. The fourth-order valence-corrected chi connectivity index (χ4v) is 6.42. The van der Waals surface area contributed by atoms with Crippen LogP contribution >= 0.6 is 11.6 Å². The lowest BCUT2D eigenvalue weighted by atomic mass is 9.78. The van der Waals surface area contributed by atoms with Gasteiger partial charge in [-0.3, -0.25) is 9.59 Å². The highest BCUT2D eigenvalue weighted by Crippen LogP contribution is 2.45. The number of nitrogens with zero attached hydrogens (tertiary/aromatic N) is 1. The third kappa shape index (κ3) is 8.02. The van der Waals surface area contributed by atoms with Crippen LogP contribution in [0.25, 0.3) is 0 Å². The average Bonchev–Trinajstić information content (AvgIpc) is 2.98. The molecule has 2 aromatic rings. The van der Waals surface area contributed by atoms with E-state index in [1.807, 2.05) is 0 Å². The summed E-state index contributed by atoms with van der Waals surface area (Å²) in [6.45, 7) is 4.38. The van der Waals surface area contributed by atoms with E-state index < -0.39 is 29.8 Å². The van der Waals surface area contributed by atoms with Crippen LogP contribution in [0.1, 0.15) is 80.1 Å². The van der Waals surface area contributed by atoms with Gasteiger partial charge in [0.2, 0.25) is 11.5 Å². The Morgan fingerprint density at radius 3 is 2.34 bits per heavy atom. The zero-order chi connectivity index (χ0) is 32.0. The number of hydrogen-bond acceptors (Lipinski definition) is 4. The molecular formula is C34H40ClF4NO4. The molecule has 10 heteroatoms. The molecule has 1 aliphatic heterocycles. The Morgan fingerprint density at radius 1 is 1.05 bits per heavy atom. The molecule has 1 atom stereocenters. The molecule has 2 aromatic carbocycles. The van der Waals surface area contributed by atoms with Crippen molar-refractivity contribution in [2.24, 2.45) is 11.8 Å². The van der Waals surface area contributed by atoms with Gasteiger partial charge in [-0.2, -0.15) is 0 Å². The third-order valence-electron chi connectivity index (χ3n) is 8.80. The van der Waals surface area contributed by atoms with Gasteiger partial charge in [0.25, 0.3) is 11.8 Å². The quantitative estimate of drug-likeness (QED) is 0.0925. The Bertz CT molecular complexity index is 1290. The minimum Gasteiger partial charge on any atom is -0.494 e. The zero-order valence-corrected chi connectivity index (χ0v) is 25.5. The smallest absolute Gasteiger partial charge is 0.292 e. The van der Waals surface area contributed by atoms with Crippen molar-refractivity contribution in [3.05, 3.63) is 77.3 Å². The molecule has 1 heterocycles. The van der Waals surface area contributed by atoms with Crippen LogP contribution in [-0.2, 0) is 10.4 Å². The molecule has 0 bridgehead atoms. The monoisotopic (exact) mass is 637 g/mol.